The Morgan fingerprint density at radius 1 is 1.30 bits per heavy atom. The minimum Gasteiger partial charge on any atom is -0.347 e. The molecular formula is C17H25ClN2. The predicted molar refractivity (Wildman–Crippen MR) is 88.4 cm³/mol. The van der Waals surface area contributed by atoms with Gasteiger partial charge in [-0.05, 0) is 42.9 Å². The molecule has 0 radical (unpaired) electrons. The molecule has 0 fully saturated rings. The highest BCUT2D eigenvalue weighted by atomic mass is 35.5. The highest BCUT2D eigenvalue weighted by molar-refractivity contribution is 6.31. The molecule has 2 aromatic rings. The van der Waals surface area contributed by atoms with Gasteiger partial charge in [0.15, 0.2) is 0 Å². The van der Waals surface area contributed by atoms with E-state index in [0.717, 1.165) is 24.4 Å². The van der Waals surface area contributed by atoms with Crippen LogP contribution in [0, 0.1) is 5.41 Å². The normalized spacial score (nSPS) is 13.9. The van der Waals surface area contributed by atoms with Crippen LogP contribution in [0.4, 0.5) is 0 Å². The molecule has 1 aromatic heterocycles. The summed E-state index contributed by atoms with van der Waals surface area (Å²) in [6.07, 6.45) is 4.29. The van der Waals surface area contributed by atoms with Crippen LogP contribution in [-0.4, -0.2) is 10.6 Å². The lowest BCUT2D eigenvalue weighted by Gasteiger charge is -2.18. The summed E-state index contributed by atoms with van der Waals surface area (Å²) in [6, 6.07) is 6.31. The molecule has 0 saturated carbocycles. The van der Waals surface area contributed by atoms with Crippen molar-refractivity contribution in [3.63, 3.8) is 0 Å². The summed E-state index contributed by atoms with van der Waals surface area (Å²) < 4.78 is 2.32. The molecule has 3 heteroatoms. The molecule has 0 aliphatic heterocycles. The average molecular weight is 293 g/mol. The first kappa shape index (κ1) is 15.4. The Kier molecular flexibility index (Phi) is 4.46. The van der Waals surface area contributed by atoms with Crippen molar-refractivity contribution in [2.24, 2.45) is 11.1 Å². The SMILES string of the molecule is CC(N)Cc1cn(CCC(C)(C)C)c2cc(Cl)ccc12. The Morgan fingerprint density at radius 2 is 2.00 bits per heavy atom. The summed E-state index contributed by atoms with van der Waals surface area (Å²) in [5.74, 6) is 0. The second-order valence-electron chi connectivity index (χ2n) is 7.00. The Hall–Kier alpha value is -0.990. The van der Waals surface area contributed by atoms with Crippen molar-refractivity contribution in [1.82, 2.24) is 4.57 Å². The van der Waals surface area contributed by atoms with Crippen LogP contribution in [0.3, 0.4) is 0 Å². The fraction of sp³-hybridized carbons (Fsp3) is 0.529. The first-order chi connectivity index (χ1) is 9.26. The molecule has 2 N–H and O–H groups in total. The molecule has 0 bridgehead atoms. The van der Waals surface area contributed by atoms with Crippen LogP contribution in [-0.2, 0) is 13.0 Å². The summed E-state index contributed by atoms with van der Waals surface area (Å²) in [5, 5.41) is 2.07. The van der Waals surface area contributed by atoms with Gasteiger partial charge >= 0.3 is 0 Å². The molecule has 0 saturated heterocycles. The lowest BCUT2D eigenvalue weighted by molar-refractivity contribution is 0.353. The van der Waals surface area contributed by atoms with Gasteiger partial charge in [-0.25, -0.2) is 0 Å². The van der Waals surface area contributed by atoms with E-state index in [1.54, 1.807) is 0 Å². The molecule has 1 aromatic carbocycles. The number of hydrogen-bond donors (Lipinski definition) is 1. The lowest BCUT2D eigenvalue weighted by atomic mass is 9.92. The lowest BCUT2D eigenvalue weighted by Crippen LogP contribution is -2.17. The summed E-state index contributed by atoms with van der Waals surface area (Å²) in [5.41, 5.74) is 8.83. The van der Waals surface area contributed by atoms with Crippen molar-refractivity contribution in [3.05, 3.63) is 35.0 Å². The van der Waals surface area contributed by atoms with E-state index in [1.807, 2.05) is 13.0 Å². The van der Waals surface area contributed by atoms with Gasteiger partial charge in [-0.15, -0.1) is 0 Å². The Labute approximate surface area is 126 Å². The van der Waals surface area contributed by atoms with E-state index < -0.39 is 0 Å². The van der Waals surface area contributed by atoms with Crippen LogP contribution < -0.4 is 5.73 Å². The third kappa shape index (κ3) is 3.77. The number of nitrogens with two attached hydrogens (primary N) is 1. The van der Waals surface area contributed by atoms with E-state index in [4.69, 9.17) is 17.3 Å². The maximum atomic E-state index is 6.16. The Bertz CT molecular complexity index is 591. The zero-order valence-electron chi connectivity index (χ0n) is 12.9. The summed E-state index contributed by atoms with van der Waals surface area (Å²) >= 11 is 6.16. The van der Waals surface area contributed by atoms with Crippen LogP contribution in [0.5, 0.6) is 0 Å². The fourth-order valence-corrected chi connectivity index (χ4v) is 2.66. The van der Waals surface area contributed by atoms with E-state index in [9.17, 15) is 0 Å². The van der Waals surface area contributed by atoms with Crippen molar-refractivity contribution >= 4 is 22.5 Å². The van der Waals surface area contributed by atoms with Crippen molar-refractivity contribution in [3.8, 4) is 0 Å². The summed E-state index contributed by atoms with van der Waals surface area (Å²) in [4.78, 5) is 0. The molecule has 2 rings (SSSR count). The summed E-state index contributed by atoms with van der Waals surface area (Å²) in [7, 11) is 0. The number of aromatic nitrogens is 1. The van der Waals surface area contributed by atoms with Gasteiger partial charge in [0, 0.05) is 34.7 Å². The quantitative estimate of drug-likeness (QED) is 0.876. The highest BCUT2D eigenvalue weighted by Gasteiger charge is 2.14. The topological polar surface area (TPSA) is 30.9 Å². The second-order valence-corrected chi connectivity index (χ2v) is 7.44. The van der Waals surface area contributed by atoms with Crippen molar-refractivity contribution in [2.75, 3.05) is 0 Å². The third-order valence-electron chi connectivity index (χ3n) is 3.57. The predicted octanol–water partition coefficient (Wildman–Crippen LogP) is 4.62. The number of benzene rings is 1. The molecule has 1 heterocycles. The molecule has 110 valence electrons. The van der Waals surface area contributed by atoms with Crippen LogP contribution in [0.15, 0.2) is 24.4 Å². The van der Waals surface area contributed by atoms with E-state index in [-0.39, 0.29) is 6.04 Å². The average Bonchev–Trinajstić information content (AvgIpc) is 2.62. The molecule has 1 unspecified atom stereocenters. The molecule has 0 aliphatic carbocycles. The Morgan fingerprint density at radius 3 is 2.60 bits per heavy atom. The number of rotatable bonds is 4. The number of halogens is 1. The second kappa shape index (κ2) is 5.79. The zero-order chi connectivity index (χ0) is 14.9. The van der Waals surface area contributed by atoms with Gasteiger partial charge in [0.2, 0.25) is 0 Å². The van der Waals surface area contributed by atoms with Gasteiger partial charge < -0.3 is 10.3 Å². The van der Waals surface area contributed by atoms with Gasteiger partial charge in [-0.3, -0.25) is 0 Å². The van der Waals surface area contributed by atoms with Crippen LogP contribution >= 0.6 is 11.6 Å². The van der Waals surface area contributed by atoms with Crippen LogP contribution in [0.2, 0.25) is 5.02 Å². The van der Waals surface area contributed by atoms with Crippen molar-refractivity contribution < 1.29 is 0 Å². The number of hydrogen-bond acceptors (Lipinski definition) is 1. The fourth-order valence-electron chi connectivity index (χ4n) is 2.49. The largest absolute Gasteiger partial charge is 0.347 e. The van der Waals surface area contributed by atoms with E-state index >= 15 is 0 Å². The minimum absolute atomic E-state index is 0.173. The standard InChI is InChI=1S/C17H25ClN2/c1-12(19)9-13-11-20(8-7-17(2,3)4)16-10-14(18)5-6-15(13)16/h5-6,10-12H,7-9,19H2,1-4H3. The first-order valence-electron chi connectivity index (χ1n) is 7.29. The maximum Gasteiger partial charge on any atom is 0.0498 e. The van der Waals surface area contributed by atoms with E-state index in [0.29, 0.717) is 5.41 Å². The van der Waals surface area contributed by atoms with Crippen molar-refractivity contribution in [2.45, 2.75) is 53.1 Å². The van der Waals surface area contributed by atoms with E-state index in [1.165, 1.54) is 16.5 Å². The van der Waals surface area contributed by atoms with Gasteiger partial charge in [-0.2, -0.15) is 0 Å². The summed E-state index contributed by atoms with van der Waals surface area (Å²) in [6.45, 7) is 9.88. The highest BCUT2D eigenvalue weighted by Crippen LogP contribution is 2.28. The molecule has 1 atom stereocenters. The minimum atomic E-state index is 0.173. The molecule has 0 aliphatic rings. The van der Waals surface area contributed by atoms with Crippen LogP contribution in [0.1, 0.15) is 39.7 Å². The molecule has 20 heavy (non-hydrogen) atoms. The molecule has 0 amide bonds. The molecule has 2 nitrogen and oxygen atoms in total. The maximum absolute atomic E-state index is 6.16. The van der Waals surface area contributed by atoms with Crippen LogP contribution in [0.25, 0.3) is 10.9 Å². The van der Waals surface area contributed by atoms with Gasteiger partial charge in [0.25, 0.3) is 0 Å². The third-order valence-corrected chi connectivity index (χ3v) is 3.81. The van der Waals surface area contributed by atoms with Crippen molar-refractivity contribution in [1.29, 1.82) is 0 Å². The van der Waals surface area contributed by atoms with E-state index in [2.05, 4.69) is 43.7 Å². The van der Waals surface area contributed by atoms with Gasteiger partial charge in [0.05, 0.1) is 0 Å². The number of aryl methyl sites for hydroxylation is 1. The zero-order valence-corrected chi connectivity index (χ0v) is 13.7. The number of nitrogens with zero attached hydrogens (tertiary/aromatic N) is 1. The monoisotopic (exact) mass is 292 g/mol. The van der Waals surface area contributed by atoms with Gasteiger partial charge in [0.1, 0.15) is 0 Å². The Balaban J connectivity index is 2.40. The molecule has 0 spiro atoms. The first-order valence-corrected chi connectivity index (χ1v) is 7.67. The van der Waals surface area contributed by atoms with Gasteiger partial charge in [-0.1, -0.05) is 38.4 Å². The molecular weight excluding hydrogens is 268 g/mol. The number of fused-ring (bicyclic) bond motifs is 1. The smallest absolute Gasteiger partial charge is 0.0498 e.